The third-order valence-electron chi connectivity index (χ3n) is 5.44. The van der Waals surface area contributed by atoms with Gasteiger partial charge < -0.3 is 15.5 Å². The predicted molar refractivity (Wildman–Crippen MR) is 130 cm³/mol. The number of nitrogens with two attached hydrogens (primary N) is 1. The zero-order chi connectivity index (χ0) is 22.2. The summed E-state index contributed by atoms with van der Waals surface area (Å²) in [5.74, 6) is -0.938. The molecule has 4 heterocycles. The van der Waals surface area contributed by atoms with Gasteiger partial charge >= 0.3 is 11.8 Å². The van der Waals surface area contributed by atoms with E-state index in [0.29, 0.717) is 31.9 Å². The number of carbonyl (C=O) groups excluding carboxylic acids is 2. The minimum absolute atomic E-state index is 0.368. The number of halogens is 1. The fourth-order valence-corrected chi connectivity index (χ4v) is 5.94. The molecule has 0 saturated carbocycles. The summed E-state index contributed by atoms with van der Waals surface area (Å²) < 4.78 is 0.748. The van der Waals surface area contributed by atoms with Crippen LogP contribution in [0.4, 0.5) is 5.69 Å². The summed E-state index contributed by atoms with van der Waals surface area (Å²) in [6.45, 7) is 1.79. The van der Waals surface area contributed by atoms with Crippen LogP contribution in [-0.2, 0) is 22.7 Å². The molecule has 4 aromatic rings. The van der Waals surface area contributed by atoms with E-state index < -0.39 is 11.8 Å². The van der Waals surface area contributed by atoms with Crippen LogP contribution in [0, 0.1) is 0 Å². The first kappa shape index (κ1) is 20.9. The van der Waals surface area contributed by atoms with Crippen LogP contribution in [-0.4, -0.2) is 39.7 Å². The van der Waals surface area contributed by atoms with Crippen molar-refractivity contribution in [2.24, 2.45) is 0 Å². The largest absolute Gasteiger partial charge is 0.398 e. The molecule has 1 aliphatic heterocycles. The zero-order valence-electron chi connectivity index (χ0n) is 17.0. The highest BCUT2D eigenvalue weighted by molar-refractivity contribution is 7.24. The number of amides is 2. The van der Waals surface area contributed by atoms with Crippen molar-refractivity contribution in [3.8, 4) is 9.75 Å². The number of rotatable bonds is 5. The Morgan fingerprint density at radius 3 is 2.38 bits per heavy atom. The second-order valence-corrected chi connectivity index (χ2v) is 10.5. The number of hydrogen-bond donors (Lipinski definition) is 1. The Kier molecular flexibility index (Phi) is 5.58. The lowest BCUT2D eigenvalue weighted by Gasteiger charge is -2.33. The highest BCUT2D eigenvalue weighted by atomic mass is 35.5. The molecule has 162 valence electrons. The minimum atomic E-state index is -0.473. The maximum absolute atomic E-state index is 12.8. The number of aromatic nitrogens is 1. The van der Waals surface area contributed by atoms with Crippen LogP contribution in [0.25, 0.3) is 20.7 Å². The van der Waals surface area contributed by atoms with Crippen LogP contribution in [0.2, 0.25) is 4.34 Å². The average molecular weight is 483 g/mol. The van der Waals surface area contributed by atoms with Crippen LogP contribution < -0.4 is 5.73 Å². The molecule has 1 fully saturated rings. The van der Waals surface area contributed by atoms with E-state index in [1.165, 1.54) is 11.3 Å². The van der Waals surface area contributed by atoms with E-state index in [1.54, 1.807) is 33.4 Å². The topological polar surface area (TPSA) is 79.5 Å². The van der Waals surface area contributed by atoms with Crippen molar-refractivity contribution in [3.63, 3.8) is 0 Å². The molecule has 1 aromatic carbocycles. The van der Waals surface area contributed by atoms with Crippen molar-refractivity contribution in [1.82, 2.24) is 14.8 Å². The predicted octanol–water partition coefficient (Wildman–Crippen LogP) is 4.63. The molecule has 6 nitrogen and oxygen atoms in total. The molecule has 0 aliphatic carbocycles. The van der Waals surface area contributed by atoms with Gasteiger partial charge in [-0.3, -0.25) is 14.6 Å². The van der Waals surface area contributed by atoms with E-state index in [2.05, 4.69) is 4.98 Å². The van der Waals surface area contributed by atoms with Gasteiger partial charge in [-0.15, -0.1) is 22.7 Å². The molecule has 1 saturated heterocycles. The van der Waals surface area contributed by atoms with Gasteiger partial charge in [0.2, 0.25) is 0 Å². The van der Waals surface area contributed by atoms with Gasteiger partial charge in [-0.05, 0) is 42.0 Å². The molecular formula is C23H19ClN4O2S2. The molecule has 0 unspecified atom stereocenters. The summed E-state index contributed by atoms with van der Waals surface area (Å²) in [7, 11) is 0. The second-order valence-electron chi connectivity index (χ2n) is 7.57. The molecule has 9 heteroatoms. The maximum Gasteiger partial charge on any atom is 0.312 e. The number of hydrogen-bond acceptors (Lipinski definition) is 6. The van der Waals surface area contributed by atoms with Gasteiger partial charge in [-0.25, -0.2) is 0 Å². The lowest BCUT2D eigenvalue weighted by molar-refractivity contribution is -0.156. The standard InChI is InChI=1S/C23H19ClN4O2S2/c24-21-6-5-20(32-21)19-4-2-15(31-19)13-28-10-9-27(22(29)23(28)30)12-14-1-3-16-17(25)7-8-26-18(16)11-14/h1-8,11H,9-10,12-13H2,(H2,25,26). The van der Waals surface area contributed by atoms with Crippen molar-refractivity contribution in [2.75, 3.05) is 18.8 Å². The van der Waals surface area contributed by atoms with Gasteiger partial charge in [0.05, 0.1) is 16.4 Å². The van der Waals surface area contributed by atoms with Crippen molar-refractivity contribution < 1.29 is 9.59 Å². The first-order chi connectivity index (χ1) is 15.5. The van der Waals surface area contributed by atoms with Gasteiger partial charge in [-0.2, -0.15) is 0 Å². The number of nitrogen functional groups attached to an aromatic ring is 1. The smallest absolute Gasteiger partial charge is 0.312 e. The molecule has 3 aromatic heterocycles. The molecule has 32 heavy (non-hydrogen) atoms. The third-order valence-corrected chi connectivity index (χ3v) is 7.93. The van der Waals surface area contributed by atoms with Crippen molar-refractivity contribution in [3.05, 3.63) is 69.5 Å². The van der Waals surface area contributed by atoms with E-state index in [9.17, 15) is 9.59 Å². The summed E-state index contributed by atoms with van der Waals surface area (Å²) in [4.78, 5) is 36.4. The van der Waals surface area contributed by atoms with Crippen LogP contribution >= 0.6 is 34.3 Å². The number of nitrogens with zero attached hydrogens (tertiary/aromatic N) is 3. The van der Waals surface area contributed by atoms with Crippen molar-refractivity contribution in [2.45, 2.75) is 13.1 Å². The average Bonchev–Trinajstić information content (AvgIpc) is 3.42. The van der Waals surface area contributed by atoms with E-state index in [4.69, 9.17) is 17.3 Å². The maximum atomic E-state index is 12.8. The number of piperazine rings is 1. The highest BCUT2D eigenvalue weighted by Gasteiger charge is 2.32. The Balaban J connectivity index is 1.25. The van der Waals surface area contributed by atoms with Crippen LogP contribution in [0.5, 0.6) is 0 Å². The Morgan fingerprint density at radius 1 is 0.906 bits per heavy atom. The number of fused-ring (bicyclic) bond motifs is 1. The van der Waals surface area contributed by atoms with Crippen molar-refractivity contribution >= 4 is 62.7 Å². The first-order valence-electron chi connectivity index (χ1n) is 10.0. The fourth-order valence-electron chi connectivity index (χ4n) is 3.78. The molecule has 0 radical (unpaired) electrons. The summed E-state index contributed by atoms with van der Waals surface area (Å²) in [5, 5.41) is 0.878. The van der Waals surface area contributed by atoms with Gasteiger partial charge in [0.1, 0.15) is 0 Å². The Morgan fingerprint density at radius 2 is 1.62 bits per heavy atom. The molecule has 1 aliphatic rings. The lowest BCUT2D eigenvalue weighted by Crippen LogP contribution is -2.53. The fraction of sp³-hybridized carbons (Fsp3) is 0.174. The lowest BCUT2D eigenvalue weighted by atomic mass is 10.1. The second kappa shape index (κ2) is 8.54. The first-order valence-corrected chi connectivity index (χ1v) is 12.0. The van der Waals surface area contributed by atoms with Crippen LogP contribution in [0.15, 0.2) is 54.7 Å². The molecular weight excluding hydrogens is 464 g/mol. The molecule has 2 N–H and O–H groups in total. The molecule has 0 spiro atoms. The zero-order valence-corrected chi connectivity index (χ0v) is 19.3. The van der Waals surface area contributed by atoms with E-state index >= 15 is 0 Å². The molecule has 2 amide bonds. The van der Waals surface area contributed by atoms with Gasteiger partial charge in [0.25, 0.3) is 0 Å². The summed E-state index contributed by atoms with van der Waals surface area (Å²) in [6, 6.07) is 15.4. The number of carbonyl (C=O) groups is 2. The van der Waals surface area contributed by atoms with E-state index in [0.717, 1.165) is 35.4 Å². The number of anilines is 1. The Hall–Kier alpha value is -2.94. The van der Waals surface area contributed by atoms with Crippen LogP contribution in [0.1, 0.15) is 10.4 Å². The van der Waals surface area contributed by atoms with Crippen molar-refractivity contribution in [1.29, 1.82) is 0 Å². The summed E-state index contributed by atoms with van der Waals surface area (Å²) in [6.07, 6.45) is 1.66. The number of pyridine rings is 1. The quantitative estimate of drug-likeness (QED) is 0.420. The van der Waals surface area contributed by atoms with E-state index in [1.807, 2.05) is 42.5 Å². The van der Waals surface area contributed by atoms with Crippen LogP contribution in [0.3, 0.4) is 0 Å². The summed E-state index contributed by atoms with van der Waals surface area (Å²) >= 11 is 9.18. The number of benzene rings is 1. The highest BCUT2D eigenvalue weighted by Crippen LogP contribution is 2.36. The minimum Gasteiger partial charge on any atom is -0.398 e. The normalized spacial score (nSPS) is 14.5. The number of thiophene rings is 2. The molecule has 5 rings (SSSR count). The van der Waals surface area contributed by atoms with E-state index in [-0.39, 0.29) is 0 Å². The van der Waals surface area contributed by atoms with Gasteiger partial charge in [-0.1, -0.05) is 23.7 Å². The third kappa shape index (κ3) is 4.09. The van der Waals surface area contributed by atoms with Gasteiger partial charge in [0, 0.05) is 51.5 Å². The summed E-state index contributed by atoms with van der Waals surface area (Å²) in [5.41, 5.74) is 8.35. The molecule has 0 bridgehead atoms. The van der Waals surface area contributed by atoms with Gasteiger partial charge in [0.15, 0.2) is 0 Å². The SMILES string of the molecule is Nc1ccnc2cc(CN3CCN(Cc4ccc(-c5ccc(Cl)s5)s4)C(=O)C3=O)ccc12. The Labute approximate surface area is 197 Å². The Bertz CT molecular complexity index is 1330. The molecule has 0 atom stereocenters. The monoisotopic (exact) mass is 482 g/mol.